The van der Waals surface area contributed by atoms with Gasteiger partial charge >= 0.3 is 0 Å². The fourth-order valence-electron chi connectivity index (χ4n) is 2.86. The van der Waals surface area contributed by atoms with Crippen molar-refractivity contribution in [3.05, 3.63) is 52.8 Å². The summed E-state index contributed by atoms with van der Waals surface area (Å²) >= 11 is 0. The minimum atomic E-state index is -0.0806. The summed E-state index contributed by atoms with van der Waals surface area (Å²) in [7, 11) is 0. The van der Waals surface area contributed by atoms with E-state index in [2.05, 4.69) is 42.2 Å². The van der Waals surface area contributed by atoms with Crippen LogP contribution >= 0.6 is 0 Å². The Balaban J connectivity index is 1.84. The average Bonchev–Trinajstić information content (AvgIpc) is 3.04. The first kappa shape index (κ1) is 14.8. The van der Waals surface area contributed by atoms with Crippen LogP contribution in [0.5, 0.6) is 0 Å². The summed E-state index contributed by atoms with van der Waals surface area (Å²) in [6, 6.07) is 8.11. The van der Waals surface area contributed by atoms with Crippen LogP contribution in [0.2, 0.25) is 0 Å². The fourth-order valence-corrected chi connectivity index (χ4v) is 2.86. The number of benzene rings is 1. The quantitative estimate of drug-likeness (QED) is 0.927. The van der Waals surface area contributed by atoms with Gasteiger partial charge in [-0.3, -0.25) is 9.89 Å². The summed E-state index contributed by atoms with van der Waals surface area (Å²) in [6.07, 6.45) is 1.52. The number of carbonyl (C=O) groups is 1. The zero-order valence-corrected chi connectivity index (χ0v) is 13.2. The molecule has 1 aromatic heterocycles. The van der Waals surface area contributed by atoms with E-state index in [9.17, 15) is 4.79 Å². The molecular formula is C17H21N3O2. The summed E-state index contributed by atoms with van der Waals surface area (Å²) in [5, 5.41) is 6.61. The Labute approximate surface area is 130 Å². The second-order valence-electron chi connectivity index (χ2n) is 5.96. The Morgan fingerprint density at radius 1 is 1.36 bits per heavy atom. The number of aryl methyl sites for hydroxylation is 2. The first-order valence-corrected chi connectivity index (χ1v) is 7.55. The Bertz CT molecular complexity index is 667. The molecule has 0 radical (unpaired) electrons. The number of nitrogens with zero attached hydrogens (tertiary/aromatic N) is 2. The molecule has 116 valence electrons. The van der Waals surface area contributed by atoms with Gasteiger partial charge in [-0.15, -0.1) is 0 Å². The van der Waals surface area contributed by atoms with Gasteiger partial charge in [0.05, 0.1) is 19.2 Å². The third-order valence-electron chi connectivity index (χ3n) is 4.21. The lowest BCUT2D eigenvalue weighted by molar-refractivity contribution is -0.0491. The molecule has 3 rings (SSSR count). The molecule has 2 unspecified atom stereocenters. The highest BCUT2D eigenvalue weighted by Crippen LogP contribution is 2.28. The maximum Gasteiger partial charge on any atom is 0.272 e. The Morgan fingerprint density at radius 3 is 2.91 bits per heavy atom. The molecule has 1 aliphatic rings. The molecule has 5 nitrogen and oxygen atoms in total. The number of aromatic nitrogens is 2. The molecule has 1 fully saturated rings. The van der Waals surface area contributed by atoms with Gasteiger partial charge in [-0.05, 0) is 38.0 Å². The molecule has 0 spiro atoms. The number of amides is 1. The molecule has 2 heterocycles. The summed E-state index contributed by atoms with van der Waals surface area (Å²) < 4.78 is 5.99. The van der Waals surface area contributed by atoms with Crippen LogP contribution in [-0.4, -0.2) is 40.2 Å². The van der Waals surface area contributed by atoms with E-state index in [-0.39, 0.29) is 18.1 Å². The highest BCUT2D eigenvalue weighted by molar-refractivity contribution is 5.92. The maximum atomic E-state index is 12.6. The van der Waals surface area contributed by atoms with E-state index < -0.39 is 0 Å². The number of hydrogen-bond donors (Lipinski definition) is 1. The van der Waals surface area contributed by atoms with Crippen molar-refractivity contribution in [2.45, 2.75) is 32.9 Å². The fraction of sp³-hybridized carbons (Fsp3) is 0.412. The lowest BCUT2D eigenvalue weighted by Gasteiger charge is -2.38. The van der Waals surface area contributed by atoms with Gasteiger partial charge in [-0.2, -0.15) is 5.10 Å². The van der Waals surface area contributed by atoms with Crippen molar-refractivity contribution < 1.29 is 9.53 Å². The molecule has 1 saturated heterocycles. The van der Waals surface area contributed by atoms with Gasteiger partial charge in [0.1, 0.15) is 11.8 Å². The number of H-pyrrole nitrogens is 1. The predicted octanol–water partition coefficient (Wildman–Crippen LogP) is 2.63. The number of rotatable bonds is 2. The molecule has 2 aromatic rings. The minimum absolute atomic E-state index is 0.0244. The van der Waals surface area contributed by atoms with Crippen LogP contribution in [-0.2, 0) is 4.74 Å². The van der Waals surface area contributed by atoms with Crippen LogP contribution in [0, 0.1) is 13.8 Å². The minimum Gasteiger partial charge on any atom is -0.370 e. The standard InChI is InChI=1S/C17H21N3O2/c1-11-4-5-12(2)14(8-11)16-9-20(13(3)10-22-16)17(21)15-6-7-18-19-15/h4-8,13,16H,9-10H2,1-3H3,(H,18,19). The Kier molecular flexibility index (Phi) is 3.98. The third kappa shape index (κ3) is 2.76. The van der Waals surface area contributed by atoms with Crippen LogP contribution < -0.4 is 0 Å². The number of morpholine rings is 1. The van der Waals surface area contributed by atoms with Crippen molar-refractivity contribution in [2.75, 3.05) is 13.2 Å². The number of hydrogen-bond acceptors (Lipinski definition) is 3. The highest BCUT2D eigenvalue weighted by atomic mass is 16.5. The molecule has 0 aliphatic carbocycles. The molecule has 1 aliphatic heterocycles. The van der Waals surface area contributed by atoms with Gasteiger partial charge in [-0.25, -0.2) is 0 Å². The van der Waals surface area contributed by atoms with E-state index in [1.807, 2.05) is 11.8 Å². The lowest BCUT2D eigenvalue weighted by atomic mass is 9.98. The van der Waals surface area contributed by atoms with Crippen molar-refractivity contribution in [3.63, 3.8) is 0 Å². The second kappa shape index (κ2) is 5.93. The number of nitrogens with one attached hydrogen (secondary N) is 1. The molecule has 1 aromatic carbocycles. The van der Waals surface area contributed by atoms with Crippen molar-refractivity contribution in [3.8, 4) is 0 Å². The Hall–Kier alpha value is -2.14. The first-order chi connectivity index (χ1) is 10.6. The Morgan fingerprint density at radius 2 is 2.18 bits per heavy atom. The molecule has 5 heteroatoms. The van der Waals surface area contributed by atoms with Gasteiger partial charge in [0.25, 0.3) is 5.91 Å². The summed E-state index contributed by atoms with van der Waals surface area (Å²) in [5.41, 5.74) is 4.08. The first-order valence-electron chi connectivity index (χ1n) is 7.55. The number of ether oxygens (including phenoxy) is 1. The van der Waals surface area contributed by atoms with Gasteiger partial charge in [0.2, 0.25) is 0 Å². The van der Waals surface area contributed by atoms with E-state index in [4.69, 9.17) is 4.74 Å². The van der Waals surface area contributed by atoms with Crippen LogP contribution in [0.25, 0.3) is 0 Å². The van der Waals surface area contributed by atoms with Gasteiger partial charge in [-0.1, -0.05) is 23.8 Å². The number of aromatic amines is 1. The second-order valence-corrected chi connectivity index (χ2v) is 5.96. The third-order valence-corrected chi connectivity index (χ3v) is 4.21. The van der Waals surface area contributed by atoms with Crippen LogP contribution in [0.1, 0.15) is 40.2 Å². The zero-order valence-electron chi connectivity index (χ0n) is 13.2. The van der Waals surface area contributed by atoms with E-state index >= 15 is 0 Å². The van der Waals surface area contributed by atoms with E-state index in [0.29, 0.717) is 18.8 Å². The topological polar surface area (TPSA) is 58.2 Å². The monoisotopic (exact) mass is 299 g/mol. The molecule has 0 bridgehead atoms. The van der Waals surface area contributed by atoms with Gasteiger partial charge in [0, 0.05) is 6.20 Å². The summed E-state index contributed by atoms with van der Waals surface area (Å²) in [6.45, 7) is 7.26. The molecule has 1 amide bonds. The summed E-state index contributed by atoms with van der Waals surface area (Å²) in [5.74, 6) is -0.0244. The van der Waals surface area contributed by atoms with Crippen molar-refractivity contribution in [1.29, 1.82) is 0 Å². The molecular weight excluding hydrogens is 278 g/mol. The molecule has 1 N–H and O–H groups in total. The SMILES string of the molecule is Cc1ccc(C)c(C2CN(C(=O)c3ccn[nH]3)C(C)CO2)c1. The zero-order chi connectivity index (χ0) is 15.7. The maximum absolute atomic E-state index is 12.6. The number of carbonyl (C=O) groups excluding carboxylic acids is 1. The van der Waals surface area contributed by atoms with Crippen molar-refractivity contribution >= 4 is 5.91 Å². The lowest BCUT2D eigenvalue weighted by Crippen LogP contribution is -2.48. The molecule has 2 atom stereocenters. The average molecular weight is 299 g/mol. The highest BCUT2D eigenvalue weighted by Gasteiger charge is 2.32. The van der Waals surface area contributed by atoms with Gasteiger partial charge in [0.15, 0.2) is 0 Å². The normalized spacial score (nSPS) is 21.9. The summed E-state index contributed by atoms with van der Waals surface area (Å²) in [4.78, 5) is 14.5. The van der Waals surface area contributed by atoms with E-state index in [1.165, 1.54) is 11.1 Å². The van der Waals surface area contributed by atoms with Crippen LogP contribution in [0.4, 0.5) is 0 Å². The van der Waals surface area contributed by atoms with Crippen molar-refractivity contribution in [2.24, 2.45) is 0 Å². The largest absolute Gasteiger partial charge is 0.370 e. The van der Waals surface area contributed by atoms with Crippen LogP contribution in [0.3, 0.4) is 0 Å². The molecule has 0 saturated carbocycles. The predicted molar refractivity (Wildman–Crippen MR) is 83.7 cm³/mol. The van der Waals surface area contributed by atoms with E-state index in [1.54, 1.807) is 12.3 Å². The molecule has 22 heavy (non-hydrogen) atoms. The van der Waals surface area contributed by atoms with Crippen molar-refractivity contribution in [1.82, 2.24) is 15.1 Å². The van der Waals surface area contributed by atoms with Crippen LogP contribution in [0.15, 0.2) is 30.5 Å². The van der Waals surface area contributed by atoms with Gasteiger partial charge < -0.3 is 9.64 Å². The smallest absolute Gasteiger partial charge is 0.272 e. The van der Waals surface area contributed by atoms with E-state index in [0.717, 1.165) is 5.56 Å².